The van der Waals surface area contributed by atoms with Gasteiger partial charge in [0.15, 0.2) is 11.9 Å². The molecule has 29 heavy (non-hydrogen) atoms. The van der Waals surface area contributed by atoms with Crippen LogP contribution >= 0.6 is 0 Å². The fourth-order valence-corrected chi connectivity index (χ4v) is 3.05. The van der Waals surface area contributed by atoms with E-state index in [-0.39, 0.29) is 12.5 Å². The SMILES string of the molecule is Cc1oc(-c2ccco2)nc1COc1ccc(CCCC2OC(=O)NC2=O)cc1. The van der Waals surface area contributed by atoms with Crippen molar-refractivity contribution in [2.75, 3.05) is 0 Å². The highest BCUT2D eigenvalue weighted by molar-refractivity contribution is 5.99. The molecule has 1 aliphatic rings. The third kappa shape index (κ3) is 4.48. The van der Waals surface area contributed by atoms with Gasteiger partial charge in [-0.15, -0.1) is 0 Å². The molecule has 4 rings (SSSR count). The van der Waals surface area contributed by atoms with E-state index >= 15 is 0 Å². The minimum atomic E-state index is -0.679. The molecule has 1 atom stereocenters. The Hall–Kier alpha value is -3.55. The van der Waals surface area contributed by atoms with Crippen LogP contribution in [-0.4, -0.2) is 23.1 Å². The van der Waals surface area contributed by atoms with E-state index < -0.39 is 12.2 Å². The second-order valence-electron chi connectivity index (χ2n) is 6.71. The number of amides is 2. The Morgan fingerprint density at radius 3 is 2.69 bits per heavy atom. The molecule has 1 N–H and O–H groups in total. The standard InChI is InChI=1S/C21H20N2O6/c1-13-16(22-20(28-13)18-6-3-11-26-18)12-27-15-9-7-14(8-10-15)4-2-5-17-19(24)23-21(25)29-17/h3,6-11,17H,2,4-5,12H2,1H3,(H,23,24,25). The summed E-state index contributed by atoms with van der Waals surface area (Å²) in [6, 6.07) is 11.3. The van der Waals surface area contributed by atoms with E-state index in [9.17, 15) is 9.59 Å². The molecule has 150 valence electrons. The summed E-state index contributed by atoms with van der Waals surface area (Å²) in [5.74, 6) is 2.05. The van der Waals surface area contributed by atoms with Gasteiger partial charge >= 0.3 is 6.09 Å². The molecule has 3 heterocycles. The molecule has 1 aromatic carbocycles. The van der Waals surface area contributed by atoms with E-state index in [2.05, 4.69) is 10.3 Å². The molecule has 1 saturated heterocycles. The van der Waals surface area contributed by atoms with Crippen molar-refractivity contribution < 1.29 is 27.9 Å². The van der Waals surface area contributed by atoms with Gasteiger partial charge in [0.1, 0.15) is 23.8 Å². The van der Waals surface area contributed by atoms with Crippen LogP contribution in [0.2, 0.25) is 0 Å². The highest BCUT2D eigenvalue weighted by atomic mass is 16.6. The zero-order chi connectivity index (χ0) is 20.2. The third-order valence-corrected chi connectivity index (χ3v) is 4.62. The Kier molecular flexibility index (Phi) is 5.33. The minimum absolute atomic E-state index is 0.289. The van der Waals surface area contributed by atoms with Crippen molar-refractivity contribution in [1.82, 2.24) is 10.3 Å². The van der Waals surface area contributed by atoms with Gasteiger partial charge in [0.25, 0.3) is 11.8 Å². The van der Waals surface area contributed by atoms with Crippen molar-refractivity contribution in [3.05, 3.63) is 59.7 Å². The van der Waals surface area contributed by atoms with Crippen LogP contribution < -0.4 is 10.1 Å². The number of carbonyl (C=O) groups excluding carboxylic acids is 2. The quantitative estimate of drug-likeness (QED) is 0.618. The Bertz CT molecular complexity index is 991. The average Bonchev–Trinajstić information content (AvgIpc) is 3.42. The molecule has 0 aliphatic carbocycles. The number of carbonyl (C=O) groups is 2. The summed E-state index contributed by atoms with van der Waals surface area (Å²) in [5, 5.41) is 2.13. The van der Waals surface area contributed by atoms with Crippen molar-refractivity contribution in [2.45, 2.75) is 38.9 Å². The molecule has 1 unspecified atom stereocenters. The van der Waals surface area contributed by atoms with Crippen molar-refractivity contribution in [3.63, 3.8) is 0 Å². The number of rotatable bonds is 8. The number of aryl methyl sites for hydroxylation is 2. The molecule has 0 bridgehead atoms. The average molecular weight is 396 g/mol. The van der Waals surface area contributed by atoms with Gasteiger partial charge in [0, 0.05) is 0 Å². The number of imide groups is 1. The van der Waals surface area contributed by atoms with Crippen molar-refractivity contribution in [3.8, 4) is 17.4 Å². The van der Waals surface area contributed by atoms with Crippen LogP contribution in [0, 0.1) is 6.92 Å². The number of benzene rings is 1. The van der Waals surface area contributed by atoms with Crippen LogP contribution in [-0.2, 0) is 22.6 Å². The summed E-state index contributed by atoms with van der Waals surface area (Å²) in [6.07, 6.45) is 2.23. The van der Waals surface area contributed by atoms with Crippen LogP contribution in [0.3, 0.4) is 0 Å². The van der Waals surface area contributed by atoms with Gasteiger partial charge in [-0.3, -0.25) is 10.1 Å². The number of nitrogens with one attached hydrogen (secondary N) is 1. The lowest BCUT2D eigenvalue weighted by atomic mass is 10.1. The molecule has 8 nitrogen and oxygen atoms in total. The second-order valence-corrected chi connectivity index (χ2v) is 6.71. The summed E-state index contributed by atoms with van der Waals surface area (Å²) in [6.45, 7) is 2.13. The lowest BCUT2D eigenvalue weighted by Gasteiger charge is -2.08. The molecule has 2 amide bonds. The molecule has 1 fully saturated rings. The molecule has 1 aliphatic heterocycles. The normalized spacial score (nSPS) is 16.0. The Morgan fingerprint density at radius 2 is 2.00 bits per heavy atom. The summed E-state index contributed by atoms with van der Waals surface area (Å²) >= 11 is 0. The van der Waals surface area contributed by atoms with Gasteiger partial charge in [-0.05, 0) is 56.0 Å². The fraction of sp³-hybridized carbons (Fsp3) is 0.286. The summed E-state index contributed by atoms with van der Waals surface area (Å²) in [4.78, 5) is 26.9. The van der Waals surface area contributed by atoms with E-state index in [1.54, 1.807) is 18.4 Å². The summed E-state index contributed by atoms with van der Waals surface area (Å²) in [5.41, 5.74) is 1.82. The van der Waals surface area contributed by atoms with Gasteiger partial charge < -0.3 is 18.3 Å². The maximum Gasteiger partial charge on any atom is 0.414 e. The number of cyclic esters (lactones) is 1. The first kappa shape index (κ1) is 18.8. The van der Waals surface area contributed by atoms with Gasteiger partial charge in [0.2, 0.25) is 0 Å². The van der Waals surface area contributed by atoms with E-state index in [4.69, 9.17) is 18.3 Å². The third-order valence-electron chi connectivity index (χ3n) is 4.62. The van der Waals surface area contributed by atoms with E-state index in [1.807, 2.05) is 31.2 Å². The first-order chi connectivity index (χ1) is 14.1. The number of nitrogens with zero attached hydrogens (tertiary/aromatic N) is 1. The number of furan rings is 1. The highest BCUT2D eigenvalue weighted by Crippen LogP contribution is 2.23. The lowest BCUT2D eigenvalue weighted by Crippen LogP contribution is -2.24. The largest absolute Gasteiger partial charge is 0.487 e. The van der Waals surface area contributed by atoms with Gasteiger partial charge in [-0.25, -0.2) is 9.78 Å². The van der Waals surface area contributed by atoms with Crippen molar-refractivity contribution in [2.24, 2.45) is 0 Å². The van der Waals surface area contributed by atoms with E-state index in [0.29, 0.717) is 29.5 Å². The fourth-order valence-electron chi connectivity index (χ4n) is 3.05. The van der Waals surface area contributed by atoms with Gasteiger partial charge in [0.05, 0.1) is 6.26 Å². The number of alkyl carbamates (subject to hydrolysis) is 1. The molecule has 0 spiro atoms. The molecule has 3 aromatic rings. The van der Waals surface area contributed by atoms with E-state index in [0.717, 1.165) is 24.2 Å². The smallest absolute Gasteiger partial charge is 0.414 e. The van der Waals surface area contributed by atoms with E-state index in [1.165, 1.54) is 0 Å². The Morgan fingerprint density at radius 1 is 1.17 bits per heavy atom. The number of hydrogen-bond acceptors (Lipinski definition) is 7. The first-order valence-corrected chi connectivity index (χ1v) is 9.32. The Balaban J connectivity index is 1.26. The predicted octanol–water partition coefficient (Wildman–Crippen LogP) is 3.78. The molecular weight excluding hydrogens is 376 g/mol. The zero-order valence-electron chi connectivity index (χ0n) is 15.8. The van der Waals surface area contributed by atoms with Crippen LogP contribution in [0.15, 0.2) is 51.5 Å². The number of oxazole rings is 1. The summed E-state index contributed by atoms with van der Waals surface area (Å²) < 4.78 is 21.6. The van der Waals surface area contributed by atoms with Gasteiger partial charge in [-0.1, -0.05) is 12.1 Å². The topological polar surface area (TPSA) is 104 Å². The molecule has 2 aromatic heterocycles. The highest BCUT2D eigenvalue weighted by Gasteiger charge is 2.31. The molecule has 0 radical (unpaired) electrons. The zero-order valence-corrected chi connectivity index (χ0v) is 15.8. The number of ether oxygens (including phenoxy) is 2. The van der Waals surface area contributed by atoms with Crippen molar-refractivity contribution in [1.29, 1.82) is 0 Å². The van der Waals surface area contributed by atoms with Crippen LogP contribution in [0.1, 0.15) is 29.9 Å². The summed E-state index contributed by atoms with van der Waals surface area (Å²) in [7, 11) is 0. The second kappa shape index (κ2) is 8.22. The first-order valence-electron chi connectivity index (χ1n) is 9.32. The number of hydrogen-bond donors (Lipinski definition) is 1. The number of aromatic nitrogens is 1. The molecule has 0 saturated carbocycles. The Labute approximate surface area is 166 Å². The lowest BCUT2D eigenvalue weighted by molar-refractivity contribution is -0.123. The molecule has 8 heteroatoms. The minimum Gasteiger partial charge on any atom is -0.487 e. The van der Waals surface area contributed by atoms with Crippen LogP contribution in [0.5, 0.6) is 5.75 Å². The van der Waals surface area contributed by atoms with Gasteiger partial charge in [-0.2, -0.15) is 0 Å². The maximum absolute atomic E-state index is 11.5. The van der Waals surface area contributed by atoms with Crippen LogP contribution in [0.25, 0.3) is 11.7 Å². The predicted molar refractivity (Wildman–Crippen MR) is 101 cm³/mol. The maximum atomic E-state index is 11.5. The van der Waals surface area contributed by atoms with Crippen LogP contribution in [0.4, 0.5) is 4.79 Å². The monoisotopic (exact) mass is 396 g/mol. The van der Waals surface area contributed by atoms with Crippen molar-refractivity contribution >= 4 is 12.0 Å². The molecular formula is C21H20N2O6.